The van der Waals surface area contributed by atoms with Crippen molar-refractivity contribution in [2.45, 2.75) is 31.8 Å². The molecule has 1 saturated heterocycles. The van der Waals surface area contributed by atoms with Crippen LogP contribution in [0.15, 0.2) is 18.3 Å². The van der Waals surface area contributed by atoms with Crippen molar-refractivity contribution in [3.8, 4) is 0 Å². The van der Waals surface area contributed by atoms with Gasteiger partial charge in [-0.25, -0.2) is 0 Å². The number of piperidine rings is 1. The van der Waals surface area contributed by atoms with Crippen molar-refractivity contribution in [1.82, 2.24) is 9.88 Å². The molecular formula is C13H20N4O. The van der Waals surface area contributed by atoms with Crippen LogP contribution in [0.25, 0.3) is 0 Å². The first-order valence-corrected chi connectivity index (χ1v) is 6.35. The number of nitrogens with one attached hydrogen (secondary N) is 1. The van der Waals surface area contributed by atoms with E-state index in [0.29, 0.717) is 12.2 Å². The summed E-state index contributed by atoms with van der Waals surface area (Å²) < 4.78 is 0. The quantitative estimate of drug-likeness (QED) is 0.541. The van der Waals surface area contributed by atoms with Gasteiger partial charge < -0.3 is 10.8 Å². The SMILES string of the molecule is N=C(N)c1ncccc1CN1CCCCC1CO. The lowest BCUT2D eigenvalue weighted by molar-refractivity contribution is 0.0840. The third kappa shape index (κ3) is 2.86. The number of likely N-dealkylation sites (tertiary alicyclic amines) is 1. The van der Waals surface area contributed by atoms with Gasteiger partial charge in [0.2, 0.25) is 0 Å². The molecule has 0 bridgehead atoms. The summed E-state index contributed by atoms with van der Waals surface area (Å²) in [6.07, 6.45) is 5.02. The Morgan fingerprint density at radius 1 is 1.56 bits per heavy atom. The lowest BCUT2D eigenvalue weighted by atomic mass is 10.0. The summed E-state index contributed by atoms with van der Waals surface area (Å²) in [7, 11) is 0. The molecule has 0 radical (unpaired) electrons. The maximum atomic E-state index is 9.39. The van der Waals surface area contributed by atoms with E-state index in [9.17, 15) is 5.11 Å². The van der Waals surface area contributed by atoms with Gasteiger partial charge in [-0.05, 0) is 31.0 Å². The number of amidine groups is 1. The number of nitrogens with zero attached hydrogens (tertiary/aromatic N) is 2. The van der Waals surface area contributed by atoms with Crippen LogP contribution in [0.2, 0.25) is 0 Å². The second-order valence-corrected chi connectivity index (χ2v) is 4.73. The van der Waals surface area contributed by atoms with Gasteiger partial charge in [0, 0.05) is 18.8 Å². The fourth-order valence-electron chi connectivity index (χ4n) is 2.50. The first-order chi connectivity index (χ1) is 8.72. The number of nitrogen functional groups attached to an aromatic ring is 1. The predicted octanol–water partition coefficient (Wildman–Crippen LogP) is 0.712. The normalized spacial score (nSPS) is 20.8. The van der Waals surface area contributed by atoms with Crippen molar-refractivity contribution < 1.29 is 5.11 Å². The van der Waals surface area contributed by atoms with Gasteiger partial charge in [0.1, 0.15) is 11.5 Å². The number of aromatic nitrogens is 1. The monoisotopic (exact) mass is 248 g/mol. The molecule has 1 aliphatic rings. The Morgan fingerprint density at radius 2 is 2.39 bits per heavy atom. The molecule has 0 saturated carbocycles. The third-order valence-corrected chi connectivity index (χ3v) is 3.48. The number of aliphatic hydroxyl groups excluding tert-OH is 1. The Kier molecular flexibility index (Phi) is 4.28. The highest BCUT2D eigenvalue weighted by Gasteiger charge is 2.22. The molecule has 1 aromatic heterocycles. The second kappa shape index (κ2) is 5.93. The Bertz CT molecular complexity index is 421. The second-order valence-electron chi connectivity index (χ2n) is 4.73. The van der Waals surface area contributed by atoms with Gasteiger partial charge >= 0.3 is 0 Å². The van der Waals surface area contributed by atoms with Gasteiger partial charge in [0.05, 0.1) is 6.61 Å². The standard InChI is InChI=1S/C13H20N4O/c14-13(15)12-10(4-3-6-16-12)8-17-7-2-1-5-11(17)9-18/h3-4,6,11,18H,1-2,5,7-9H2,(H3,14,15). The molecule has 98 valence electrons. The Labute approximate surface area is 107 Å². The summed E-state index contributed by atoms with van der Waals surface area (Å²) >= 11 is 0. The number of nitrogens with two attached hydrogens (primary N) is 1. The van der Waals surface area contributed by atoms with E-state index in [-0.39, 0.29) is 18.5 Å². The maximum absolute atomic E-state index is 9.39. The molecule has 1 unspecified atom stereocenters. The molecule has 5 nitrogen and oxygen atoms in total. The Balaban J connectivity index is 2.15. The molecule has 1 fully saturated rings. The van der Waals surface area contributed by atoms with Crippen molar-refractivity contribution in [3.05, 3.63) is 29.6 Å². The van der Waals surface area contributed by atoms with Crippen molar-refractivity contribution in [1.29, 1.82) is 5.41 Å². The lowest BCUT2D eigenvalue weighted by Gasteiger charge is -2.34. The maximum Gasteiger partial charge on any atom is 0.142 e. The van der Waals surface area contributed by atoms with Crippen molar-refractivity contribution >= 4 is 5.84 Å². The highest BCUT2D eigenvalue weighted by atomic mass is 16.3. The highest BCUT2D eigenvalue weighted by Crippen LogP contribution is 2.20. The fourth-order valence-corrected chi connectivity index (χ4v) is 2.50. The van der Waals surface area contributed by atoms with Crippen LogP contribution in [-0.2, 0) is 6.54 Å². The molecule has 0 amide bonds. The van der Waals surface area contributed by atoms with Crippen LogP contribution in [-0.4, -0.2) is 40.0 Å². The minimum absolute atomic E-state index is 0.00292. The summed E-state index contributed by atoms with van der Waals surface area (Å²) in [5.41, 5.74) is 7.06. The van der Waals surface area contributed by atoms with Crippen LogP contribution < -0.4 is 5.73 Å². The molecule has 0 spiro atoms. The van der Waals surface area contributed by atoms with Gasteiger partial charge in [0.25, 0.3) is 0 Å². The average molecular weight is 248 g/mol. The molecule has 1 atom stereocenters. The van der Waals surface area contributed by atoms with Crippen LogP contribution in [0.1, 0.15) is 30.5 Å². The van der Waals surface area contributed by atoms with Crippen molar-refractivity contribution in [2.24, 2.45) is 5.73 Å². The Morgan fingerprint density at radius 3 is 3.11 bits per heavy atom. The van der Waals surface area contributed by atoms with Crippen LogP contribution in [0.5, 0.6) is 0 Å². The van der Waals surface area contributed by atoms with E-state index in [1.165, 1.54) is 6.42 Å². The zero-order valence-corrected chi connectivity index (χ0v) is 10.5. The topological polar surface area (TPSA) is 86.2 Å². The summed E-state index contributed by atoms with van der Waals surface area (Å²) in [5, 5.41) is 16.9. The van der Waals surface area contributed by atoms with E-state index < -0.39 is 0 Å². The van der Waals surface area contributed by atoms with Crippen LogP contribution in [0.3, 0.4) is 0 Å². The molecule has 0 aliphatic carbocycles. The van der Waals surface area contributed by atoms with Crippen molar-refractivity contribution in [2.75, 3.05) is 13.2 Å². The van der Waals surface area contributed by atoms with Gasteiger partial charge in [-0.1, -0.05) is 12.5 Å². The first-order valence-electron chi connectivity index (χ1n) is 6.35. The largest absolute Gasteiger partial charge is 0.395 e. The summed E-state index contributed by atoms with van der Waals surface area (Å²) in [6, 6.07) is 4.03. The average Bonchev–Trinajstić information content (AvgIpc) is 2.40. The molecule has 1 aliphatic heterocycles. The lowest BCUT2D eigenvalue weighted by Crippen LogP contribution is -2.41. The van der Waals surface area contributed by atoms with Crippen LogP contribution >= 0.6 is 0 Å². The highest BCUT2D eigenvalue weighted by molar-refractivity contribution is 5.94. The molecule has 5 heteroatoms. The summed E-state index contributed by atoms with van der Waals surface area (Å²) in [6.45, 7) is 1.88. The van der Waals surface area contributed by atoms with Gasteiger partial charge in [-0.15, -0.1) is 0 Å². The number of hydrogen-bond donors (Lipinski definition) is 3. The van der Waals surface area contributed by atoms with Crippen molar-refractivity contribution in [3.63, 3.8) is 0 Å². The summed E-state index contributed by atoms with van der Waals surface area (Å²) in [5.74, 6) is 0.00292. The third-order valence-electron chi connectivity index (χ3n) is 3.48. The first kappa shape index (κ1) is 13.0. The molecule has 2 heterocycles. The van der Waals surface area contributed by atoms with E-state index >= 15 is 0 Å². The zero-order valence-electron chi connectivity index (χ0n) is 10.5. The number of pyridine rings is 1. The smallest absolute Gasteiger partial charge is 0.142 e. The predicted molar refractivity (Wildman–Crippen MR) is 70.4 cm³/mol. The van der Waals surface area contributed by atoms with E-state index in [4.69, 9.17) is 11.1 Å². The molecule has 1 aromatic rings. The molecule has 4 N–H and O–H groups in total. The molecular weight excluding hydrogens is 228 g/mol. The van der Waals surface area contributed by atoms with E-state index in [0.717, 1.165) is 24.9 Å². The van der Waals surface area contributed by atoms with Crippen LogP contribution in [0, 0.1) is 5.41 Å². The minimum atomic E-state index is 0.00292. The zero-order chi connectivity index (χ0) is 13.0. The van der Waals surface area contributed by atoms with Gasteiger partial charge in [-0.2, -0.15) is 0 Å². The fraction of sp³-hybridized carbons (Fsp3) is 0.538. The minimum Gasteiger partial charge on any atom is -0.395 e. The van der Waals surface area contributed by atoms with Gasteiger partial charge in [-0.3, -0.25) is 15.3 Å². The van der Waals surface area contributed by atoms with E-state index in [1.54, 1.807) is 6.20 Å². The molecule has 0 aromatic carbocycles. The number of rotatable bonds is 4. The van der Waals surface area contributed by atoms with Gasteiger partial charge in [0.15, 0.2) is 0 Å². The Hall–Kier alpha value is -1.46. The van der Waals surface area contributed by atoms with Crippen LogP contribution in [0.4, 0.5) is 0 Å². The molecule has 2 rings (SSSR count). The number of aliphatic hydroxyl groups is 1. The summed E-state index contributed by atoms with van der Waals surface area (Å²) in [4.78, 5) is 6.41. The van der Waals surface area contributed by atoms with E-state index in [1.807, 2.05) is 12.1 Å². The van der Waals surface area contributed by atoms with E-state index in [2.05, 4.69) is 9.88 Å². The number of hydrogen-bond acceptors (Lipinski definition) is 4. The molecule has 18 heavy (non-hydrogen) atoms.